The quantitative estimate of drug-likeness (QED) is 0.310. The SMILES string of the molecule is CCCOc1ccc(-c2nn(-c3ccccc3)cc2/C=N/NC(=O)c2cccs2)cc1. The van der Waals surface area contributed by atoms with Crippen molar-refractivity contribution >= 4 is 23.5 Å². The van der Waals surface area contributed by atoms with Crippen molar-refractivity contribution in [2.45, 2.75) is 13.3 Å². The smallest absolute Gasteiger partial charge is 0.281 e. The van der Waals surface area contributed by atoms with E-state index in [-0.39, 0.29) is 5.91 Å². The van der Waals surface area contributed by atoms with Crippen LogP contribution in [0.25, 0.3) is 16.9 Å². The number of rotatable bonds is 8. The number of nitrogens with zero attached hydrogens (tertiary/aromatic N) is 3. The van der Waals surface area contributed by atoms with E-state index in [1.165, 1.54) is 11.3 Å². The lowest BCUT2D eigenvalue weighted by atomic mass is 10.1. The Morgan fingerprint density at radius 3 is 2.65 bits per heavy atom. The second kappa shape index (κ2) is 9.86. The molecule has 4 aromatic rings. The van der Waals surface area contributed by atoms with Crippen LogP contribution in [0.5, 0.6) is 5.75 Å². The molecule has 0 aliphatic carbocycles. The molecular weight excluding hydrogens is 408 g/mol. The fourth-order valence-electron chi connectivity index (χ4n) is 2.97. The zero-order chi connectivity index (χ0) is 21.5. The number of para-hydroxylation sites is 1. The van der Waals surface area contributed by atoms with E-state index in [1.54, 1.807) is 17.0 Å². The first-order valence-electron chi connectivity index (χ1n) is 10.00. The highest BCUT2D eigenvalue weighted by Gasteiger charge is 2.12. The Labute approximate surface area is 184 Å². The molecule has 1 amide bonds. The van der Waals surface area contributed by atoms with Crippen molar-refractivity contribution in [2.75, 3.05) is 6.61 Å². The third-order valence-corrected chi connectivity index (χ3v) is 5.35. The van der Waals surface area contributed by atoms with Gasteiger partial charge in [-0.25, -0.2) is 10.1 Å². The Morgan fingerprint density at radius 1 is 1.13 bits per heavy atom. The molecule has 31 heavy (non-hydrogen) atoms. The van der Waals surface area contributed by atoms with Gasteiger partial charge in [0.05, 0.1) is 23.4 Å². The fourth-order valence-corrected chi connectivity index (χ4v) is 3.58. The lowest BCUT2D eigenvalue weighted by molar-refractivity contribution is 0.0959. The first kappa shape index (κ1) is 20.6. The molecule has 0 radical (unpaired) electrons. The van der Waals surface area contributed by atoms with Crippen molar-refractivity contribution in [1.29, 1.82) is 0 Å². The molecule has 156 valence electrons. The van der Waals surface area contributed by atoms with Crippen LogP contribution in [0.1, 0.15) is 28.6 Å². The highest BCUT2D eigenvalue weighted by Crippen LogP contribution is 2.25. The monoisotopic (exact) mass is 430 g/mol. The highest BCUT2D eigenvalue weighted by molar-refractivity contribution is 7.12. The molecule has 0 saturated heterocycles. The number of nitrogens with one attached hydrogen (secondary N) is 1. The van der Waals surface area contributed by atoms with Crippen LogP contribution >= 0.6 is 11.3 Å². The third kappa shape index (κ3) is 5.07. The summed E-state index contributed by atoms with van der Waals surface area (Å²) >= 11 is 1.37. The Morgan fingerprint density at radius 2 is 1.94 bits per heavy atom. The predicted octanol–water partition coefficient (Wildman–Crippen LogP) is 5.15. The minimum Gasteiger partial charge on any atom is -0.494 e. The standard InChI is InChI=1S/C24H22N4O2S/c1-2-14-30-21-12-10-18(11-13-21)23-19(16-25-26-24(29)22-9-6-15-31-22)17-28(27-23)20-7-4-3-5-8-20/h3-13,15-17H,2,14H2,1H3,(H,26,29)/b25-16+. The number of aromatic nitrogens is 2. The largest absolute Gasteiger partial charge is 0.494 e. The topological polar surface area (TPSA) is 68.5 Å². The first-order chi connectivity index (χ1) is 15.2. The van der Waals surface area contributed by atoms with Gasteiger partial charge in [0.15, 0.2) is 0 Å². The zero-order valence-corrected chi connectivity index (χ0v) is 17.9. The summed E-state index contributed by atoms with van der Waals surface area (Å²) in [6.07, 6.45) is 4.47. The summed E-state index contributed by atoms with van der Waals surface area (Å²) in [5.74, 6) is 0.590. The average molecular weight is 431 g/mol. The van der Waals surface area contributed by atoms with E-state index in [0.717, 1.165) is 34.7 Å². The van der Waals surface area contributed by atoms with E-state index in [2.05, 4.69) is 17.5 Å². The van der Waals surface area contributed by atoms with Gasteiger partial charge in [-0.05, 0) is 54.3 Å². The number of thiophene rings is 1. The van der Waals surface area contributed by atoms with Crippen molar-refractivity contribution in [3.05, 3.63) is 88.7 Å². The van der Waals surface area contributed by atoms with Crippen molar-refractivity contribution in [3.8, 4) is 22.7 Å². The molecule has 0 aliphatic heterocycles. The highest BCUT2D eigenvalue weighted by atomic mass is 32.1. The van der Waals surface area contributed by atoms with Gasteiger partial charge in [0, 0.05) is 17.3 Å². The van der Waals surface area contributed by atoms with Gasteiger partial charge in [0.25, 0.3) is 5.91 Å². The second-order valence-corrected chi connectivity index (χ2v) is 7.71. The van der Waals surface area contributed by atoms with Crippen LogP contribution < -0.4 is 10.2 Å². The Balaban J connectivity index is 1.62. The van der Waals surface area contributed by atoms with Gasteiger partial charge in [-0.15, -0.1) is 11.3 Å². The number of benzene rings is 2. The summed E-state index contributed by atoms with van der Waals surface area (Å²) in [6.45, 7) is 2.76. The maximum atomic E-state index is 12.2. The predicted molar refractivity (Wildman–Crippen MR) is 124 cm³/mol. The van der Waals surface area contributed by atoms with Gasteiger partial charge < -0.3 is 4.74 Å². The van der Waals surface area contributed by atoms with Gasteiger partial charge in [0.2, 0.25) is 0 Å². The molecule has 2 aromatic heterocycles. The van der Waals surface area contributed by atoms with E-state index >= 15 is 0 Å². The third-order valence-electron chi connectivity index (χ3n) is 4.48. The lowest BCUT2D eigenvalue weighted by Crippen LogP contribution is -2.16. The minimum absolute atomic E-state index is 0.235. The maximum Gasteiger partial charge on any atom is 0.281 e. The van der Waals surface area contributed by atoms with Crippen molar-refractivity contribution in [1.82, 2.24) is 15.2 Å². The van der Waals surface area contributed by atoms with Crippen molar-refractivity contribution in [2.24, 2.45) is 5.10 Å². The normalized spacial score (nSPS) is 11.0. The molecule has 1 N–H and O–H groups in total. The van der Waals surface area contributed by atoms with Crippen LogP contribution in [0, 0.1) is 0 Å². The van der Waals surface area contributed by atoms with Crippen LogP contribution in [-0.4, -0.2) is 28.5 Å². The molecule has 0 saturated carbocycles. The second-order valence-electron chi connectivity index (χ2n) is 6.76. The van der Waals surface area contributed by atoms with Crippen molar-refractivity contribution < 1.29 is 9.53 Å². The number of hydrogen-bond donors (Lipinski definition) is 1. The molecule has 4 rings (SSSR count). The molecule has 0 bridgehead atoms. The van der Waals surface area contributed by atoms with Crippen LogP contribution in [0.15, 0.2) is 83.4 Å². The molecule has 0 aliphatic rings. The number of hydrogen-bond acceptors (Lipinski definition) is 5. The van der Waals surface area contributed by atoms with Crippen molar-refractivity contribution in [3.63, 3.8) is 0 Å². The van der Waals surface area contributed by atoms with E-state index in [1.807, 2.05) is 72.2 Å². The molecule has 0 fully saturated rings. The minimum atomic E-state index is -0.235. The van der Waals surface area contributed by atoms with E-state index in [0.29, 0.717) is 11.5 Å². The van der Waals surface area contributed by atoms with E-state index < -0.39 is 0 Å². The van der Waals surface area contributed by atoms with Gasteiger partial charge in [-0.3, -0.25) is 4.79 Å². The maximum absolute atomic E-state index is 12.2. The molecule has 2 aromatic carbocycles. The van der Waals surface area contributed by atoms with Gasteiger partial charge in [0.1, 0.15) is 11.4 Å². The summed E-state index contributed by atoms with van der Waals surface area (Å²) in [6, 6.07) is 21.3. The van der Waals surface area contributed by atoms with Gasteiger partial charge >= 0.3 is 0 Å². The fraction of sp³-hybridized carbons (Fsp3) is 0.125. The van der Waals surface area contributed by atoms with Gasteiger partial charge in [-0.1, -0.05) is 31.2 Å². The Bertz CT molecular complexity index is 1150. The molecular formula is C24H22N4O2S. The van der Waals surface area contributed by atoms with Crippen LogP contribution in [0.4, 0.5) is 0 Å². The molecule has 6 nitrogen and oxygen atoms in total. The lowest BCUT2D eigenvalue weighted by Gasteiger charge is -2.05. The molecule has 0 unspecified atom stereocenters. The summed E-state index contributed by atoms with van der Waals surface area (Å²) < 4.78 is 7.48. The first-order valence-corrected chi connectivity index (χ1v) is 10.9. The molecule has 0 atom stereocenters. The summed E-state index contributed by atoms with van der Waals surface area (Å²) in [4.78, 5) is 12.8. The number of amides is 1. The van der Waals surface area contributed by atoms with Crippen LogP contribution in [0.3, 0.4) is 0 Å². The zero-order valence-electron chi connectivity index (χ0n) is 17.1. The van der Waals surface area contributed by atoms with Gasteiger partial charge in [-0.2, -0.15) is 10.2 Å². The van der Waals surface area contributed by atoms with E-state index in [4.69, 9.17) is 9.84 Å². The number of hydrazone groups is 1. The number of carbonyl (C=O) groups is 1. The average Bonchev–Trinajstić information content (AvgIpc) is 3.49. The molecule has 0 spiro atoms. The molecule has 7 heteroatoms. The number of carbonyl (C=O) groups excluding carboxylic acids is 1. The molecule has 2 heterocycles. The number of ether oxygens (including phenoxy) is 1. The Kier molecular flexibility index (Phi) is 6.54. The van der Waals surface area contributed by atoms with E-state index in [9.17, 15) is 4.79 Å². The summed E-state index contributed by atoms with van der Waals surface area (Å²) in [7, 11) is 0. The summed E-state index contributed by atoms with van der Waals surface area (Å²) in [5, 5.41) is 10.8. The summed E-state index contributed by atoms with van der Waals surface area (Å²) in [5.41, 5.74) is 6.00. The Hall–Kier alpha value is -3.71. The van der Waals surface area contributed by atoms with Crippen LogP contribution in [-0.2, 0) is 0 Å². The van der Waals surface area contributed by atoms with Crippen LogP contribution in [0.2, 0.25) is 0 Å².